The number of thiazole rings is 2. The number of nitrogen functional groups attached to an aromatic ring is 1. The van der Waals surface area contributed by atoms with Crippen LogP contribution in [0.5, 0.6) is 17.2 Å². The minimum absolute atomic E-state index is 0.00325. The van der Waals surface area contributed by atoms with E-state index in [1.165, 1.54) is 62.2 Å². The van der Waals surface area contributed by atoms with E-state index in [1.54, 1.807) is 23.6 Å². The highest BCUT2D eigenvalue weighted by Crippen LogP contribution is 2.43. The van der Waals surface area contributed by atoms with Gasteiger partial charge in [0.05, 0.1) is 27.0 Å². The minimum Gasteiger partial charge on any atom is -0.493 e. The number of carbonyl (C=O) groups is 1. The topological polar surface area (TPSA) is 121 Å². The van der Waals surface area contributed by atoms with Crippen molar-refractivity contribution in [2.24, 2.45) is 0 Å². The molecule has 0 aliphatic heterocycles. The fraction of sp³-hybridized carbons (Fsp3) is 0.174. The van der Waals surface area contributed by atoms with E-state index in [9.17, 15) is 18.0 Å². The fourth-order valence-corrected chi connectivity index (χ4v) is 5.12. The molecule has 0 saturated heterocycles. The Hall–Kier alpha value is -4.04. The summed E-state index contributed by atoms with van der Waals surface area (Å²) in [5.41, 5.74) is 7.83. The van der Waals surface area contributed by atoms with Crippen LogP contribution in [0.2, 0.25) is 0 Å². The first-order chi connectivity index (χ1) is 17.6. The highest BCUT2D eigenvalue weighted by molar-refractivity contribution is 7.23. The molecule has 0 unspecified atom stereocenters. The first kappa shape index (κ1) is 26.0. The lowest BCUT2D eigenvalue weighted by Gasteiger charge is -2.14. The van der Waals surface area contributed by atoms with Gasteiger partial charge in [-0.05, 0) is 12.1 Å². The summed E-state index contributed by atoms with van der Waals surface area (Å²) < 4.78 is 53.8. The van der Waals surface area contributed by atoms with E-state index in [-0.39, 0.29) is 11.5 Å². The van der Waals surface area contributed by atoms with Crippen LogP contribution >= 0.6 is 22.7 Å². The van der Waals surface area contributed by atoms with Crippen molar-refractivity contribution in [3.63, 3.8) is 0 Å². The van der Waals surface area contributed by atoms with Gasteiger partial charge in [0.1, 0.15) is 15.7 Å². The largest absolute Gasteiger partial charge is 0.493 e. The molecule has 14 heteroatoms. The molecule has 9 nitrogen and oxygen atoms in total. The number of aromatic nitrogens is 2. The van der Waals surface area contributed by atoms with Gasteiger partial charge >= 0.3 is 12.1 Å². The second kappa shape index (κ2) is 10.5. The van der Waals surface area contributed by atoms with Gasteiger partial charge in [0.15, 0.2) is 16.6 Å². The van der Waals surface area contributed by atoms with E-state index in [2.05, 4.69) is 15.3 Å². The summed E-state index contributed by atoms with van der Waals surface area (Å²) in [7, 11) is 4.54. The second-order valence-electron chi connectivity index (χ2n) is 7.34. The average Bonchev–Trinajstić information content (AvgIpc) is 3.49. The Kier molecular flexibility index (Phi) is 7.40. The molecule has 2 heterocycles. The molecule has 4 aromatic rings. The van der Waals surface area contributed by atoms with Gasteiger partial charge in [0.2, 0.25) is 5.75 Å². The number of alkyl halides is 3. The second-order valence-corrected chi connectivity index (χ2v) is 9.20. The smallest absolute Gasteiger partial charge is 0.471 e. The maximum Gasteiger partial charge on any atom is 0.471 e. The number of amides is 1. The van der Waals surface area contributed by atoms with Gasteiger partial charge < -0.3 is 30.6 Å². The molecule has 0 spiro atoms. The molecule has 2 aromatic heterocycles. The molecule has 1 amide bonds. The first-order valence-corrected chi connectivity index (χ1v) is 12.1. The summed E-state index contributed by atoms with van der Waals surface area (Å²) in [6.07, 6.45) is -4.98. The molecule has 37 heavy (non-hydrogen) atoms. The van der Waals surface area contributed by atoms with Crippen molar-refractivity contribution in [1.29, 1.82) is 0 Å². The summed E-state index contributed by atoms with van der Waals surface area (Å²) >= 11 is 2.57. The summed E-state index contributed by atoms with van der Waals surface area (Å²) in [6, 6.07) is 9.43. The van der Waals surface area contributed by atoms with Crippen molar-refractivity contribution in [1.82, 2.24) is 9.97 Å². The Labute approximate surface area is 217 Å². The van der Waals surface area contributed by atoms with E-state index in [0.29, 0.717) is 49.2 Å². The third kappa shape index (κ3) is 5.70. The monoisotopic (exact) mass is 551 g/mol. The number of nitrogens with one attached hydrogen (secondary N) is 2. The summed E-state index contributed by atoms with van der Waals surface area (Å²) in [5.74, 6) is -0.410. The molecule has 194 valence electrons. The number of nitrogens with two attached hydrogens (primary N) is 1. The summed E-state index contributed by atoms with van der Waals surface area (Å²) in [4.78, 5) is 20.8. The van der Waals surface area contributed by atoms with Gasteiger partial charge in [-0.1, -0.05) is 23.5 Å². The molecular formula is C23H20F3N5O4S2. The molecule has 0 fully saturated rings. The van der Waals surface area contributed by atoms with Gasteiger partial charge in [-0.25, -0.2) is 9.97 Å². The van der Waals surface area contributed by atoms with Crippen molar-refractivity contribution in [2.45, 2.75) is 6.18 Å². The number of carbonyl (C=O) groups excluding carboxylic acids is 1. The first-order valence-electron chi connectivity index (χ1n) is 10.4. The van der Waals surface area contributed by atoms with Crippen molar-refractivity contribution in [3.05, 3.63) is 41.8 Å². The molecule has 0 atom stereocenters. The Morgan fingerprint density at radius 2 is 1.70 bits per heavy atom. The maximum atomic E-state index is 12.6. The van der Waals surface area contributed by atoms with Gasteiger partial charge in [-0.15, -0.1) is 11.3 Å². The van der Waals surface area contributed by atoms with Crippen LogP contribution in [-0.4, -0.2) is 43.4 Å². The number of rotatable bonds is 8. The van der Waals surface area contributed by atoms with Crippen molar-refractivity contribution >= 4 is 50.9 Å². The lowest BCUT2D eigenvalue weighted by molar-refractivity contribution is -0.167. The molecule has 0 aliphatic rings. The standard InChI is InChI=1S/C23H20F3N5O4S2/c1-33-15-8-13(9-16(34-2)17(15)35-3)29-22-31-19(27)18(37-22)20-30-14(10-36-20)11-5-4-6-12(7-11)28-21(32)23(24,25)26/h4-10H,27H2,1-3H3,(H,28,32)(H,29,31). The van der Waals surface area contributed by atoms with Crippen LogP contribution in [0, 0.1) is 0 Å². The summed E-state index contributed by atoms with van der Waals surface area (Å²) in [6.45, 7) is 0. The van der Waals surface area contributed by atoms with Crippen LogP contribution in [0.15, 0.2) is 41.8 Å². The summed E-state index contributed by atoms with van der Waals surface area (Å²) in [5, 5.41) is 7.82. The van der Waals surface area contributed by atoms with Gasteiger partial charge in [-0.2, -0.15) is 13.2 Å². The molecule has 0 radical (unpaired) electrons. The van der Waals surface area contributed by atoms with Gasteiger partial charge in [0.25, 0.3) is 0 Å². The molecule has 4 rings (SSSR count). The van der Waals surface area contributed by atoms with Crippen LogP contribution in [0.1, 0.15) is 0 Å². The van der Waals surface area contributed by atoms with Gasteiger partial charge in [-0.3, -0.25) is 4.79 Å². The van der Waals surface area contributed by atoms with E-state index < -0.39 is 12.1 Å². The number of halogens is 3. The van der Waals surface area contributed by atoms with Crippen LogP contribution in [0.3, 0.4) is 0 Å². The van der Waals surface area contributed by atoms with Crippen LogP contribution in [0.4, 0.5) is 35.5 Å². The van der Waals surface area contributed by atoms with Crippen molar-refractivity contribution in [2.75, 3.05) is 37.7 Å². The molecule has 0 aliphatic carbocycles. The number of nitrogens with zero attached hydrogens (tertiary/aromatic N) is 2. The number of anilines is 4. The van der Waals surface area contributed by atoms with Gasteiger partial charge in [0, 0.05) is 34.5 Å². The molecule has 4 N–H and O–H groups in total. The number of hydrogen-bond donors (Lipinski definition) is 3. The fourth-order valence-electron chi connectivity index (χ4n) is 3.28. The Morgan fingerprint density at radius 1 is 1.00 bits per heavy atom. The SMILES string of the molecule is COc1cc(Nc2nc(N)c(-c3nc(-c4cccc(NC(=O)C(F)(F)F)c4)cs3)s2)cc(OC)c1OC. The molecule has 2 aromatic carbocycles. The normalized spacial score (nSPS) is 11.2. The Bertz CT molecular complexity index is 1410. The average molecular weight is 552 g/mol. The molecule has 0 bridgehead atoms. The lowest BCUT2D eigenvalue weighted by atomic mass is 10.1. The third-order valence-corrected chi connectivity index (χ3v) is 6.92. The van der Waals surface area contributed by atoms with E-state index in [4.69, 9.17) is 19.9 Å². The third-order valence-electron chi connectivity index (χ3n) is 4.94. The Morgan fingerprint density at radius 3 is 2.32 bits per heavy atom. The predicted octanol–water partition coefficient (Wildman–Crippen LogP) is 5.79. The van der Waals surface area contributed by atoms with Crippen molar-refractivity contribution < 1.29 is 32.2 Å². The van der Waals surface area contributed by atoms with E-state index in [0.717, 1.165) is 0 Å². The highest BCUT2D eigenvalue weighted by atomic mass is 32.1. The number of methoxy groups -OCH3 is 3. The number of ether oxygens (including phenoxy) is 3. The zero-order valence-electron chi connectivity index (χ0n) is 19.6. The zero-order chi connectivity index (χ0) is 26.7. The van der Waals surface area contributed by atoms with Crippen LogP contribution in [0.25, 0.3) is 21.1 Å². The maximum absolute atomic E-state index is 12.6. The highest BCUT2D eigenvalue weighted by Gasteiger charge is 2.38. The van der Waals surface area contributed by atoms with E-state index >= 15 is 0 Å². The van der Waals surface area contributed by atoms with Crippen molar-refractivity contribution in [3.8, 4) is 38.4 Å². The number of hydrogen-bond acceptors (Lipinski definition) is 10. The van der Waals surface area contributed by atoms with Crippen LogP contribution in [-0.2, 0) is 4.79 Å². The minimum atomic E-state index is -4.98. The van der Waals surface area contributed by atoms with E-state index in [1.807, 2.05) is 5.32 Å². The molecule has 0 saturated carbocycles. The number of benzene rings is 2. The quantitative estimate of drug-likeness (QED) is 0.252. The molecular weight excluding hydrogens is 531 g/mol. The predicted molar refractivity (Wildman–Crippen MR) is 137 cm³/mol. The lowest BCUT2D eigenvalue weighted by Crippen LogP contribution is -2.29. The zero-order valence-corrected chi connectivity index (χ0v) is 21.2. The van der Waals surface area contributed by atoms with Crippen LogP contribution < -0.4 is 30.6 Å². The Balaban J connectivity index is 1.56.